The average Bonchev–Trinajstić information content (AvgIpc) is 3.26. The Morgan fingerprint density at radius 2 is 1.84 bits per heavy atom. The van der Waals surface area contributed by atoms with E-state index < -0.39 is 5.97 Å². The van der Waals surface area contributed by atoms with Crippen molar-refractivity contribution < 1.29 is 24.2 Å². The second-order valence-corrected chi connectivity index (χ2v) is 9.73. The van der Waals surface area contributed by atoms with Crippen LogP contribution in [0.15, 0.2) is 48.5 Å². The van der Waals surface area contributed by atoms with E-state index in [0.717, 1.165) is 33.8 Å². The first-order chi connectivity index (χ1) is 18.3. The van der Waals surface area contributed by atoms with Crippen LogP contribution < -0.4 is 25.0 Å². The zero-order valence-electron chi connectivity index (χ0n) is 21.5. The predicted molar refractivity (Wildman–Crippen MR) is 146 cm³/mol. The van der Waals surface area contributed by atoms with Crippen molar-refractivity contribution >= 4 is 40.5 Å². The zero-order chi connectivity index (χ0) is 27.0. The summed E-state index contributed by atoms with van der Waals surface area (Å²) in [7, 11) is 5.05. The Balaban J connectivity index is 1.46. The molecule has 0 radical (unpaired) electrons. The van der Waals surface area contributed by atoms with E-state index in [0.29, 0.717) is 48.0 Å². The molecule has 3 aromatic rings. The van der Waals surface area contributed by atoms with Gasteiger partial charge >= 0.3 is 5.97 Å². The SMILES string of the molecule is COc1cc(Cl)ccc1C(=O)N1CCc2c(cccc2N2NN(C)c3c(OC)cc(CCC(=O)O)cc32)C1. The molecule has 9 nitrogen and oxygen atoms in total. The number of carbonyl (C=O) groups excluding carboxylic acids is 1. The maximum absolute atomic E-state index is 13.4. The number of hydrazine groups is 2. The van der Waals surface area contributed by atoms with Crippen LogP contribution in [0.3, 0.4) is 0 Å². The number of methoxy groups -OCH3 is 2. The largest absolute Gasteiger partial charge is 0.496 e. The number of aryl methyl sites for hydroxylation is 1. The van der Waals surface area contributed by atoms with Crippen LogP contribution in [0.1, 0.15) is 33.5 Å². The van der Waals surface area contributed by atoms with Crippen LogP contribution in [0.25, 0.3) is 0 Å². The summed E-state index contributed by atoms with van der Waals surface area (Å²) in [5, 5.41) is 13.6. The number of anilines is 3. The molecule has 0 aromatic heterocycles. The van der Waals surface area contributed by atoms with Gasteiger partial charge in [0, 0.05) is 31.6 Å². The van der Waals surface area contributed by atoms with E-state index >= 15 is 0 Å². The highest BCUT2D eigenvalue weighted by Crippen LogP contribution is 2.46. The summed E-state index contributed by atoms with van der Waals surface area (Å²) in [5.41, 5.74) is 9.67. The molecule has 2 heterocycles. The molecular formula is C28H29ClN4O5. The lowest BCUT2D eigenvalue weighted by atomic mass is 9.96. The number of rotatable bonds is 7. The Morgan fingerprint density at radius 1 is 1.05 bits per heavy atom. The second kappa shape index (κ2) is 10.4. The maximum Gasteiger partial charge on any atom is 0.303 e. The highest BCUT2D eigenvalue weighted by atomic mass is 35.5. The van der Waals surface area contributed by atoms with Gasteiger partial charge in [-0.05, 0) is 65.9 Å². The Hall–Kier alpha value is -3.95. The van der Waals surface area contributed by atoms with Gasteiger partial charge in [0.15, 0.2) is 0 Å². The molecule has 0 unspecified atom stereocenters. The van der Waals surface area contributed by atoms with Gasteiger partial charge in [-0.2, -0.15) is 0 Å². The van der Waals surface area contributed by atoms with E-state index in [1.807, 2.05) is 52.3 Å². The summed E-state index contributed by atoms with van der Waals surface area (Å²) in [6.07, 6.45) is 1.10. The molecule has 2 N–H and O–H groups in total. The number of nitrogens with zero attached hydrogens (tertiary/aromatic N) is 3. The number of nitrogens with one attached hydrogen (secondary N) is 1. The van der Waals surface area contributed by atoms with E-state index in [9.17, 15) is 14.7 Å². The summed E-state index contributed by atoms with van der Waals surface area (Å²) in [4.78, 5) is 26.4. The molecule has 5 rings (SSSR count). The fraction of sp³-hybridized carbons (Fsp3) is 0.286. The number of aliphatic carboxylic acids is 1. The second-order valence-electron chi connectivity index (χ2n) is 9.29. The molecule has 0 atom stereocenters. The third-order valence-electron chi connectivity index (χ3n) is 6.95. The molecule has 198 valence electrons. The van der Waals surface area contributed by atoms with Crippen LogP contribution in [0.4, 0.5) is 17.1 Å². The number of hydrogen-bond donors (Lipinski definition) is 2. The Bertz CT molecular complexity index is 1410. The number of fused-ring (bicyclic) bond motifs is 2. The molecule has 3 aromatic carbocycles. The maximum atomic E-state index is 13.4. The van der Waals surface area contributed by atoms with Crippen molar-refractivity contribution in [3.05, 3.63) is 75.8 Å². The first-order valence-electron chi connectivity index (χ1n) is 12.3. The van der Waals surface area contributed by atoms with Crippen molar-refractivity contribution in [1.29, 1.82) is 0 Å². The third-order valence-corrected chi connectivity index (χ3v) is 7.19. The third kappa shape index (κ3) is 4.70. The van der Waals surface area contributed by atoms with Crippen molar-refractivity contribution in [3.8, 4) is 11.5 Å². The molecule has 1 amide bonds. The van der Waals surface area contributed by atoms with Crippen LogP contribution in [-0.4, -0.2) is 49.7 Å². The van der Waals surface area contributed by atoms with Gasteiger partial charge in [-0.1, -0.05) is 23.7 Å². The fourth-order valence-electron chi connectivity index (χ4n) is 5.13. The van der Waals surface area contributed by atoms with Gasteiger partial charge in [0.25, 0.3) is 5.91 Å². The Morgan fingerprint density at radius 3 is 2.58 bits per heavy atom. The van der Waals surface area contributed by atoms with Gasteiger partial charge in [-0.25, -0.2) is 0 Å². The summed E-state index contributed by atoms with van der Waals surface area (Å²) >= 11 is 6.09. The van der Waals surface area contributed by atoms with Crippen molar-refractivity contribution in [2.24, 2.45) is 0 Å². The molecule has 38 heavy (non-hydrogen) atoms. The smallest absolute Gasteiger partial charge is 0.303 e. The summed E-state index contributed by atoms with van der Waals surface area (Å²) in [5.74, 6) is 0.172. The number of halogens is 1. The van der Waals surface area contributed by atoms with Crippen LogP contribution in [0.2, 0.25) is 5.02 Å². The zero-order valence-corrected chi connectivity index (χ0v) is 22.2. The van der Waals surface area contributed by atoms with Gasteiger partial charge in [0.05, 0.1) is 31.2 Å². The number of carbonyl (C=O) groups is 2. The highest BCUT2D eigenvalue weighted by molar-refractivity contribution is 6.30. The summed E-state index contributed by atoms with van der Waals surface area (Å²) in [6.45, 7) is 1.01. The molecular weight excluding hydrogens is 508 g/mol. The number of benzene rings is 3. The van der Waals surface area contributed by atoms with E-state index in [1.54, 1.807) is 25.3 Å². The van der Waals surface area contributed by atoms with E-state index in [-0.39, 0.29) is 12.3 Å². The van der Waals surface area contributed by atoms with Crippen molar-refractivity contribution in [1.82, 2.24) is 10.4 Å². The topological polar surface area (TPSA) is 94.6 Å². The van der Waals surface area contributed by atoms with Gasteiger partial charge in [-0.3, -0.25) is 19.6 Å². The Kier molecular flexibility index (Phi) is 7.05. The quantitative estimate of drug-likeness (QED) is 0.453. The number of carboxylic acids is 1. The molecule has 0 fully saturated rings. The number of carboxylic acid groups (broad SMARTS) is 1. The first-order valence-corrected chi connectivity index (χ1v) is 12.6. The lowest BCUT2D eigenvalue weighted by Crippen LogP contribution is -2.41. The van der Waals surface area contributed by atoms with Crippen LogP contribution in [0, 0.1) is 0 Å². The van der Waals surface area contributed by atoms with E-state index in [4.69, 9.17) is 21.1 Å². The van der Waals surface area contributed by atoms with Gasteiger partial charge in [0.2, 0.25) is 0 Å². The molecule has 0 aliphatic carbocycles. The molecule has 0 spiro atoms. The number of hydrogen-bond acceptors (Lipinski definition) is 7. The summed E-state index contributed by atoms with van der Waals surface area (Å²) in [6, 6.07) is 15.0. The van der Waals surface area contributed by atoms with Gasteiger partial charge in [0.1, 0.15) is 17.2 Å². The lowest BCUT2D eigenvalue weighted by Gasteiger charge is -2.32. The standard InChI is InChI=1S/C28H29ClN4O5/c1-31-27-23(13-17(7-10-26(34)35)14-25(27)38-3)33(30-31)22-6-4-5-18-16-32(12-11-20(18)22)28(36)21-9-8-19(29)15-24(21)37-2/h4-6,8-9,13-15,30H,7,10-12,16H2,1-3H3,(H,34,35). The first kappa shape index (κ1) is 25.7. The van der Waals surface area contributed by atoms with Crippen molar-refractivity contribution in [3.63, 3.8) is 0 Å². The van der Waals surface area contributed by atoms with E-state index in [2.05, 4.69) is 5.53 Å². The highest BCUT2D eigenvalue weighted by Gasteiger charge is 2.32. The monoisotopic (exact) mass is 536 g/mol. The average molecular weight is 537 g/mol. The molecule has 10 heteroatoms. The van der Waals surface area contributed by atoms with E-state index in [1.165, 1.54) is 7.11 Å². The van der Waals surface area contributed by atoms with Crippen LogP contribution in [0.5, 0.6) is 11.5 Å². The number of ether oxygens (including phenoxy) is 2. The van der Waals surface area contributed by atoms with Crippen LogP contribution >= 0.6 is 11.6 Å². The van der Waals surface area contributed by atoms with Gasteiger partial charge in [-0.15, -0.1) is 5.53 Å². The minimum absolute atomic E-state index is 0.0359. The minimum atomic E-state index is -0.844. The Labute approximate surface area is 226 Å². The summed E-state index contributed by atoms with van der Waals surface area (Å²) < 4.78 is 11.1. The predicted octanol–water partition coefficient (Wildman–Crippen LogP) is 4.58. The van der Waals surface area contributed by atoms with Crippen molar-refractivity contribution in [2.45, 2.75) is 25.8 Å². The van der Waals surface area contributed by atoms with Gasteiger partial charge < -0.3 is 19.5 Å². The number of amides is 1. The molecule has 2 aliphatic rings. The van der Waals surface area contributed by atoms with Crippen LogP contribution in [-0.2, 0) is 24.2 Å². The molecule has 0 saturated carbocycles. The minimum Gasteiger partial charge on any atom is -0.496 e. The molecule has 2 aliphatic heterocycles. The lowest BCUT2D eigenvalue weighted by molar-refractivity contribution is -0.136. The normalized spacial score (nSPS) is 14.3. The van der Waals surface area contributed by atoms with Crippen molar-refractivity contribution in [2.75, 3.05) is 37.8 Å². The molecule has 0 saturated heterocycles. The fourth-order valence-corrected chi connectivity index (χ4v) is 5.29. The molecule has 0 bridgehead atoms.